The van der Waals surface area contributed by atoms with Crippen molar-refractivity contribution in [2.24, 2.45) is 5.73 Å². The van der Waals surface area contributed by atoms with Gasteiger partial charge in [-0.3, -0.25) is 4.79 Å². The van der Waals surface area contributed by atoms with Crippen LogP contribution < -0.4 is 5.73 Å². The molecule has 0 heterocycles. The smallest absolute Gasteiger partial charge is 0.338 e. The van der Waals surface area contributed by atoms with Gasteiger partial charge in [-0.2, -0.15) is 0 Å². The fourth-order valence-corrected chi connectivity index (χ4v) is 1.70. The molecule has 0 aliphatic rings. The highest BCUT2D eigenvalue weighted by atomic mass is 16.6. The van der Waals surface area contributed by atoms with Crippen LogP contribution in [0.1, 0.15) is 43.6 Å². The van der Waals surface area contributed by atoms with Crippen molar-refractivity contribution >= 4 is 11.9 Å². The maximum atomic E-state index is 11.9. The van der Waals surface area contributed by atoms with Crippen LogP contribution in [0, 0.1) is 0 Å². The molecule has 0 saturated heterocycles. The molecule has 0 spiro atoms. The van der Waals surface area contributed by atoms with Gasteiger partial charge < -0.3 is 15.2 Å². The molecule has 5 heteroatoms. The van der Waals surface area contributed by atoms with Gasteiger partial charge in [0.05, 0.1) is 12.2 Å². The fraction of sp³-hybridized carbons (Fsp3) is 0.500. The van der Waals surface area contributed by atoms with E-state index in [1.165, 1.54) is 0 Å². The number of hydrogen-bond donors (Lipinski definition) is 1. The normalized spacial score (nSPS) is 12.6. The number of carbonyl (C=O) groups excluding carboxylic acids is 2. The Balaban J connectivity index is 2.66. The van der Waals surface area contributed by atoms with Gasteiger partial charge in [0.2, 0.25) is 0 Å². The van der Waals surface area contributed by atoms with E-state index in [0.29, 0.717) is 18.6 Å². The number of esters is 2. The topological polar surface area (TPSA) is 78.6 Å². The fourth-order valence-electron chi connectivity index (χ4n) is 1.70. The minimum Gasteiger partial charge on any atom is -0.465 e. The molecule has 0 fully saturated rings. The second kappa shape index (κ2) is 7.22. The first-order chi connectivity index (χ1) is 9.73. The Bertz CT molecular complexity index is 488. The van der Waals surface area contributed by atoms with Crippen LogP contribution in [0.25, 0.3) is 0 Å². The summed E-state index contributed by atoms with van der Waals surface area (Å²) >= 11 is 0. The zero-order valence-corrected chi connectivity index (χ0v) is 13.0. The molecule has 1 aromatic rings. The van der Waals surface area contributed by atoms with Gasteiger partial charge in [0.25, 0.3) is 0 Å². The minimum absolute atomic E-state index is 0.310. The molecular weight excluding hydrogens is 270 g/mol. The Morgan fingerprint density at radius 2 is 1.76 bits per heavy atom. The summed E-state index contributed by atoms with van der Waals surface area (Å²) in [6, 6.07) is 6.16. The second-order valence-electron chi connectivity index (χ2n) is 5.76. The monoisotopic (exact) mass is 293 g/mol. The number of rotatable bonds is 5. The molecule has 0 saturated carbocycles. The van der Waals surface area contributed by atoms with Gasteiger partial charge in [-0.1, -0.05) is 12.1 Å². The molecule has 5 nitrogen and oxygen atoms in total. The van der Waals surface area contributed by atoms with Gasteiger partial charge >= 0.3 is 11.9 Å². The highest BCUT2D eigenvalue weighted by Gasteiger charge is 2.18. The lowest BCUT2D eigenvalue weighted by Crippen LogP contribution is -2.34. The Labute approximate surface area is 125 Å². The summed E-state index contributed by atoms with van der Waals surface area (Å²) in [5, 5.41) is 0. The summed E-state index contributed by atoms with van der Waals surface area (Å²) in [6.45, 7) is 7.50. The van der Waals surface area contributed by atoms with Crippen molar-refractivity contribution in [1.29, 1.82) is 0 Å². The lowest BCUT2D eigenvalue weighted by molar-refractivity contribution is -0.144. The quantitative estimate of drug-likeness (QED) is 0.841. The van der Waals surface area contributed by atoms with Crippen molar-refractivity contribution in [2.45, 2.75) is 45.8 Å². The second-order valence-corrected chi connectivity index (χ2v) is 5.76. The average molecular weight is 293 g/mol. The van der Waals surface area contributed by atoms with Gasteiger partial charge in [-0.15, -0.1) is 0 Å². The Morgan fingerprint density at radius 1 is 1.19 bits per heavy atom. The predicted octanol–water partition coefficient (Wildman–Crippen LogP) is 2.07. The molecule has 1 aromatic carbocycles. The van der Waals surface area contributed by atoms with Crippen LogP contribution in [0.4, 0.5) is 0 Å². The van der Waals surface area contributed by atoms with Gasteiger partial charge in [-0.05, 0) is 51.8 Å². The summed E-state index contributed by atoms with van der Waals surface area (Å²) in [7, 11) is 0. The molecule has 1 atom stereocenters. The van der Waals surface area contributed by atoms with Crippen LogP contribution in [-0.2, 0) is 20.7 Å². The van der Waals surface area contributed by atoms with E-state index in [-0.39, 0.29) is 5.97 Å². The Kier molecular flexibility index (Phi) is 5.90. The zero-order valence-electron chi connectivity index (χ0n) is 13.0. The zero-order chi connectivity index (χ0) is 16.0. The molecule has 0 aliphatic carbocycles. The van der Waals surface area contributed by atoms with Crippen molar-refractivity contribution in [3.8, 4) is 0 Å². The van der Waals surface area contributed by atoms with Crippen molar-refractivity contribution in [3.05, 3.63) is 35.4 Å². The third kappa shape index (κ3) is 5.95. The van der Waals surface area contributed by atoms with E-state index in [2.05, 4.69) is 0 Å². The predicted molar refractivity (Wildman–Crippen MR) is 79.9 cm³/mol. The van der Waals surface area contributed by atoms with Crippen LogP contribution >= 0.6 is 0 Å². The third-order valence-corrected chi connectivity index (χ3v) is 2.63. The molecule has 0 aromatic heterocycles. The summed E-state index contributed by atoms with van der Waals surface area (Å²) < 4.78 is 10.1. The molecule has 0 bridgehead atoms. The van der Waals surface area contributed by atoms with E-state index in [0.717, 1.165) is 5.56 Å². The molecule has 0 unspecified atom stereocenters. The Morgan fingerprint density at radius 3 is 2.24 bits per heavy atom. The van der Waals surface area contributed by atoms with Gasteiger partial charge in [0, 0.05) is 0 Å². The van der Waals surface area contributed by atoms with E-state index in [9.17, 15) is 9.59 Å². The van der Waals surface area contributed by atoms with Gasteiger partial charge in [-0.25, -0.2) is 4.79 Å². The SMILES string of the molecule is CCOC(=O)[C@@H](N)Cc1ccc(C(=O)OC(C)(C)C)cc1. The van der Waals surface area contributed by atoms with Crippen molar-refractivity contribution in [2.75, 3.05) is 6.61 Å². The summed E-state index contributed by atoms with van der Waals surface area (Å²) in [6.07, 6.45) is 0.368. The first kappa shape index (κ1) is 17.2. The maximum Gasteiger partial charge on any atom is 0.338 e. The van der Waals surface area contributed by atoms with Crippen LogP contribution in [0.2, 0.25) is 0 Å². The molecule has 2 N–H and O–H groups in total. The van der Waals surface area contributed by atoms with Crippen LogP contribution in [0.15, 0.2) is 24.3 Å². The molecule has 0 aliphatic heterocycles. The summed E-state index contributed by atoms with van der Waals surface area (Å²) in [4.78, 5) is 23.3. The highest BCUT2D eigenvalue weighted by molar-refractivity contribution is 5.89. The minimum atomic E-state index is -0.697. The van der Waals surface area contributed by atoms with Crippen molar-refractivity contribution in [3.63, 3.8) is 0 Å². The highest BCUT2D eigenvalue weighted by Crippen LogP contribution is 2.13. The maximum absolute atomic E-state index is 11.9. The number of hydrogen-bond acceptors (Lipinski definition) is 5. The largest absolute Gasteiger partial charge is 0.465 e. The van der Waals surface area contributed by atoms with Crippen LogP contribution in [-0.4, -0.2) is 30.2 Å². The lowest BCUT2D eigenvalue weighted by atomic mass is 10.0. The molecular formula is C16H23NO4. The third-order valence-electron chi connectivity index (χ3n) is 2.63. The standard InChI is InChI=1S/C16H23NO4/c1-5-20-15(19)13(17)10-11-6-8-12(9-7-11)14(18)21-16(2,3)4/h6-9,13H,5,10,17H2,1-4H3/t13-/m0/s1. The molecule has 116 valence electrons. The van der Waals surface area contributed by atoms with Crippen molar-refractivity contribution < 1.29 is 19.1 Å². The van der Waals surface area contributed by atoms with Crippen LogP contribution in [0.3, 0.4) is 0 Å². The molecule has 1 rings (SSSR count). The molecule has 0 radical (unpaired) electrons. The number of carbonyl (C=O) groups is 2. The lowest BCUT2D eigenvalue weighted by Gasteiger charge is -2.19. The molecule has 0 amide bonds. The summed E-state index contributed by atoms with van der Waals surface area (Å²) in [5.41, 5.74) is 6.56. The van der Waals surface area contributed by atoms with E-state index >= 15 is 0 Å². The van der Waals surface area contributed by atoms with Crippen LogP contribution in [0.5, 0.6) is 0 Å². The van der Waals surface area contributed by atoms with Crippen molar-refractivity contribution in [1.82, 2.24) is 0 Å². The average Bonchev–Trinajstić information content (AvgIpc) is 2.37. The van der Waals surface area contributed by atoms with E-state index in [1.807, 2.05) is 20.8 Å². The van der Waals surface area contributed by atoms with E-state index < -0.39 is 17.6 Å². The first-order valence-corrected chi connectivity index (χ1v) is 6.97. The van der Waals surface area contributed by atoms with E-state index in [1.54, 1.807) is 31.2 Å². The Hall–Kier alpha value is -1.88. The number of ether oxygens (including phenoxy) is 2. The summed E-state index contributed by atoms with van der Waals surface area (Å²) in [5.74, 6) is -0.794. The first-order valence-electron chi connectivity index (χ1n) is 6.97. The number of benzene rings is 1. The number of nitrogens with two attached hydrogens (primary N) is 1. The van der Waals surface area contributed by atoms with Gasteiger partial charge in [0.1, 0.15) is 11.6 Å². The molecule has 21 heavy (non-hydrogen) atoms. The van der Waals surface area contributed by atoms with E-state index in [4.69, 9.17) is 15.2 Å². The van der Waals surface area contributed by atoms with Gasteiger partial charge in [0.15, 0.2) is 0 Å².